The molecule has 3 aromatic heterocycles. The predicted molar refractivity (Wildman–Crippen MR) is 127 cm³/mol. The second-order valence-corrected chi connectivity index (χ2v) is 8.91. The smallest absolute Gasteiger partial charge is 0.407 e. The molecule has 0 atom stereocenters. The average molecular weight is 477 g/mol. The van der Waals surface area contributed by atoms with Gasteiger partial charge >= 0.3 is 6.09 Å². The second-order valence-electron chi connectivity index (χ2n) is 8.91. The molecule has 0 fully saturated rings. The first-order valence-corrected chi connectivity index (χ1v) is 10.9. The van der Waals surface area contributed by atoms with Gasteiger partial charge in [0, 0.05) is 36.3 Å². The van der Waals surface area contributed by atoms with Gasteiger partial charge in [-0.05, 0) is 56.7 Å². The minimum Gasteiger partial charge on any atom is -0.444 e. The van der Waals surface area contributed by atoms with Crippen LogP contribution in [0.3, 0.4) is 0 Å². The molecule has 0 saturated heterocycles. The molecule has 1 aromatic carbocycles. The monoisotopic (exact) mass is 477 g/mol. The Morgan fingerprint density at radius 1 is 1.03 bits per heavy atom. The highest BCUT2D eigenvalue weighted by molar-refractivity contribution is 5.92. The Labute approximate surface area is 200 Å². The van der Waals surface area contributed by atoms with Crippen LogP contribution in [0.15, 0.2) is 59.5 Å². The Morgan fingerprint density at radius 2 is 1.83 bits per heavy atom. The molecule has 2 N–H and O–H groups in total. The third kappa shape index (κ3) is 5.78. The number of carbonyl (C=O) groups is 2. The first-order valence-electron chi connectivity index (χ1n) is 10.9. The number of benzene rings is 1. The van der Waals surface area contributed by atoms with E-state index in [1.165, 1.54) is 4.40 Å². The highest BCUT2D eigenvalue weighted by Crippen LogP contribution is 2.18. The lowest BCUT2D eigenvalue weighted by Crippen LogP contribution is -2.32. The van der Waals surface area contributed by atoms with Gasteiger partial charge in [0.25, 0.3) is 11.5 Å². The number of aromatic nitrogens is 3. The van der Waals surface area contributed by atoms with Crippen molar-refractivity contribution in [3.8, 4) is 0 Å². The summed E-state index contributed by atoms with van der Waals surface area (Å²) in [5.74, 6) is -1.33. The molecule has 180 valence electrons. The van der Waals surface area contributed by atoms with E-state index in [1.54, 1.807) is 69.4 Å². The number of ether oxygens (including phenoxy) is 1. The molecule has 4 rings (SSSR count). The predicted octanol–water partition coefficient (Wildman–Crippen LogP) is 3.34. The summed E-state index contributed by atoms with van der Waals surface area (Å²) in [4.78, 5) is 44.8. The van der Waals surface area contributed by atoms with Crippen molar-refractivity contribution in [1.29, 1.82) is 0 Å². The van der Waals surface area contributed by atoms with Gasteiger partial charge in [-0.1, -0.05) is 12.1 Å². The second kappa shape index (κ2) is 9.49. The van der Waals surface area contributed by atoms with Gasteiger partial charge in [0.2, 0.25) is 5.95 Å². The number of alkyl carbamates (subject to hydrolysis) is 1. The van der Waals surface area contributed by atoms with Crippen LogP contribution in [0.5, 0.6) is 0 Å². The van der Waals surface area contributed by atoms with Crippen LogP contribution in [-0.4, -0.2) is 32.0 Å². The molecular formula is C25H24FN5O4. The first kappa shape index (κ1) is 23.8. The lowest BCUT2D eigenvalue weighted by atomic mass is 10.1. The summed E-state index contributed by atoms with van der Waals surface area (Å²) in [5.41, 5.74) is 0.634. The summed E-state index contributed by atoms with van der Waals surface area (Å²) in [6.45, 7) is 5.40. The summed E-state index contributed by atoms with van der Waals surface area (Å²) in [6, 6.07) is 12.9. The van der Waals surface area contributed by atoms with Crippen molar-refractivity contribution in [1.82, 2.24) is 25.0 Å². The van der Waals surface area contributed by atoms with Gasteiger partial charge < -0.3 is 15.4 Å². The van der Waals surface area contributed by atoms with E-state index in [0.717, 1.165) is 11.6 Å². The molecule has 0 bridgehead atoms. The summed E-state index contributed by atoms with van der Waals surface area (Å²) >= 11 is 0. The number of carbonyl (C=O) groups excluding carboxylic acids is 2. The van der Waals surface area contributed by atoms with Gasteiger partial charge in [-0.3, -0.25) is 14.0 Å². The summed E-state index contributed by atoms with van der Waals surface area (Å²) in [5, 5.41) is 5.90. The SMILES string of the molecule is CC(C)(C)OC(=O)NCc1ccc2nc(F)c(CNC(=O)c3cc(=O)n4ccccc4n3)cc2c1. The van der Waals surface area contributed by atoms with E-state index < -0.39 is 29.1 Å². The first-order chi connectivity index (χ1) is 16.6. The van der Waals surface area contributed by atoms with Gasteiger partial charge in [0.15, 0.2) is 0 Å². The quantitative estimate of drug-likeness (QED) is 0.426. The van der Waals surface area contributed by atoms with Gasteiger partial charge in [0.05, 0.1) is 5.52 Å². The zero-order valence-electron chi connectivity index (χ0n) is 19.5. The van der Waals surface area contributed by atoms with Gasteiger partial charge in [0.1, 0.15) is 16.9 Å². The molecule has 0 aliphatic carbocycles. The Bertz CT molecular complexity index is 1490. The van der Waals surface area contributed by atoms with Crippen LogP contribution in [0.1, 0.15) is 42.4 Å². The van der Waals surface area contributed by atoms with Crippen LogP contribution < -0.4 is 16.2 Å². The molecule has 0 aliphatic rings. The van der Waals surface area contributed by atoms with Crippen molar-refractivity contribution in [3.05, 3.63) is 87.9 Å². The van der Waals surface area contributed by atoms with E-state index in [0.29, 0.717) is 16.6 Å². The van der Waals surface area contributed by atoms with Crippen molar-refractivity contribution in [3.63, 3.8) is 0 Å². The Kier molecular flexibility index (Phi) is 6.46. The minimum atomic E-state index is -0.719. The molecule has 0 aliphatic heterocycles. The molecule has 35 heavy (non-hydrogen) atoms. The van der Waals surface area contributed by atoms with Crippen LogP contribution >= 0.6 is 0 Å². The zero-order chi connectivity index (χ0) is 25.2. The summed E-state index contributed by atoms with van der Waals surface area (Å²) in [6.07, 6.45) is 1.01. The van der Waals surface area contributed by atoms with E-state index >= 15 is 0 Å². The molecule has 0 radical (unpaired) electrons. The molecule has 3 heterocycles. The van der Waals surface area contributed by atoms with E-state index in [9.17, 15) is 18.8 Å². The maximum absolute atomic E-state index is 14.6. The van der Waals surface area contributed by atoms with E-state index in [4.69, 9.17) is 4.74 Å². The van der Waals surface area contributed by atoms with Crippen molar-refractivity contribution in [2.45, 2.75) is 39.5 Å². The topological polar surface area (TPSA) is 115 Å². The normalized spacial score (nSPS) is 11.4. The summed E-state index contributed by atoms with van der Waals surface area (Å²) in [7, 11) is 0. The van der Waals surface area contributed by atoms with Gasteiger partial charge in [-0.2, -0.15) is 4.39 Å². The number of nitrogens with zero attached hydrogens (tertiary/aromatic N) is 3. The fraction of sp³-hybridized carbons (Fsp3) is 0.240. The van der Waals surface area contributed by atoms with E-state index in [2.05, 4.69) is 20.6 Å². The molecule has 10 heteroatoms. The molecule has 0 spiro atoms. The zero-order valence-corrected chi connectivity index (χ0v) is 19.5. The van der Waals surface area contributed by atoms with E-state index in [-0.39, 0.29) is 24.3 Å². The highest BCUT2D eigenvalue weighted by Gasteiger charge is 2.16. The van der Waals surface area contributed by atoms with Crippen molar-refractivity contribution < 1.29 is 18.7 Å². The maximum atomic E-state index is 14.6. The average Bonchev–Trinajstić information content (AvgIpc) is 2.80. The number of fused-ring (bicyclic) bond motifs is 2. The van der Waals surface area contributed by atoms with Crippen LogP contribution in [0, 0.1) is 5.95 Å². The number of pyridine rings is 2. The molecular weight excluding hydrogens is 453 g/mol. The Hall–Kier alpha value is -4.34. The number of halogens is 1. The number of hydrogen-bond donors (Lipinski definition) is 2. The molecule has 0 saturated carbocycles. The number of amides is 2. The standard InChI is InChI=1S/C25H24FN5O4/c1-25(2,3)35-24(34)28-13-15-7-8-18-16(10-15)11-17(22(26)30-18)14-27-23(33)19-12-21(32)31-9-5-4-6-20(31)29-19/h4-12H,13-14H2,1-3H3,(H,27,33)(H,28,34). The van der Waals surface area contributed by atoms with Crippen LogP contribution in [0.25, 0.3) is 16.6 Å². The largest absolute Gasteiger partial charge is 0.444 e. The molecule has 2 amide bonds. The Morgan fingerprint density at radius 3 is 2.60 bits per heavy atom. The van der Waals surface area contributed by atoms with Gasteiger partial charge in [-0.25, -0.2) is 14.8 Å². The van der Waals surface area contributed by atoms with Crippen molar-refractivity contribution in [2.75, 3.05) is 0 Å². The lowest BCUT2D eigenvalue weighted by Gasteiger charge is -2.19. The fourth-order valence-corrected chi connectivity index (χ4v) is 3.40. The molecule has 0 unspecified atom stereocenters. The molecule has 9 nitrogen and oxygen atoms in total. The number of nitrogens with one attached hydrogen (secondary N) is 2. The maximum Gasteiger partial charge on any atom is 0.407 e. The molecule has 4 aromatic rings. The number of rotatable bonds is 5. The van der Waals surface area contributed by atoms with Gasteiger partial charge in [-0.15, -0.1) is 0 Å². The van der Waals surface area contributed by atoms with Crippen molar-refractivity contribution in [2.24, 2.45) is 0 Å². The third-order valence-electron chi connectivity index (χ3n) is 4.98. The Balaban J connectivity index is 1.48. The van der Waals surface area contributed by atoms with Crippen molar-refractivity contribution >= 4 is 28.6 Å². The fourth-order valence-electron chi connectivity index (χ4n) is 3.40. The summed E-state index contributed by atoms with van der Waals surface area (Å²) < 4.78 is 21.1. The van der Waals surface area contributed by atoms with Crippen LogP contribution in [-0.2, 0) is 17.8 Å². The van der Waals surface area contributed by atoms with Crippen LogP contribution in [0.2, 0.25) is 0 Å². The lowest BCUT2D eigenvalue weighted by molar-refractivity contribution is 0.0523. The van der Waals surface area contributed by atoms with Crippen LogP contribution in [0.4, 0.5) is 9.18 Å². The third-order valence-corrected chi connectivity index (χ3v) is 4.98. The highest BCUT2D eigenvalue weighted by atomic mass is 19.1. The minimum absolute atomic E-state index is 0.0640. The number of hydrogen-bond acceptors (Lipinski definition) is 6. The van der Waals surface area contributed by atoms with E-state index in [1.807, 2.05) is 0 Å².